The molecule has 5 rings (SSSR count). The van der Waals surface area contributed by atoms with E-state index >= 15 is 0 Å². The smallest absolute Gasteiger partial charge is 0.174 e. The number of imidazole rings is 1. The van der Waals surface area contributed by atoms with E-state index in [2.05, 4.69) is 16.2 Å². The topological polar surface area (TPSA) is 81.5 Å². The van der Waals surface area contributed by atoms with Crippen LogP contribution in [0.1, 0.15) is 41.3 Å². The molecule has 0 fully saturated rings. The summed E-state index contributed by atoms with van der Waals surface area (Å²) < 4.78 is 9.39. The van der Waals surface area contributed by atoms with Crippen molar-refractivity contribution in [3.63, 3.8) is 0 Å². The second kappa shape index (κ2) is 8.81. The molecule has 0 radical (unpaired) electrons. The van der Waals surface area contributed by atoms with Gasteiger partial charge in [-0.25, -0.2) is 14.6 Å². The average Bonchev–Trinajstić information content (AvgIpc) is 3.49. The molecule has 2 aromatic carbocycles. The lowest BCUT2D eigenvalue weighted by atomic mass is 9.75. The summed E-state index contributed by atoms with van der Waals surface area (Å²) in [5, 5.41) is 15.5. The van der Waals surface area contributed by atoms with Crippen molar-refractivity contribution in [3.8, 4) is 17.5 Å². The third-order valence-corrected chi connectivity index (χ3v) is 6.39. The van der Waals surface area contributed by atoms with E-state index in [1.165, 1.54) is 0 Å². The molecule has 0 saturated heterocycles. The molecule has 1 unspecified atom stereocenters. The van der Waals surface area contributed by atoms with Crippen molar-refractivity contribution in [1.29, 1.82) is 5.26 Å². The number of aryl methyl sites for hydroxylation is 2. The number of rotatable bonds is 5. The Balaban J connectivity index is 1.46. The Morgan fingerprint density at radius 3 is 2.71 bits per heavy atom. The van der Waals surface area contributed by atoms with Crippen LogP contribution in [-0.4, -0.2) is 31.4 Å². The minimum absolute atomic E-state index is 0.568. The van der Waals surface area contributed by atoms with Crippen LogP contribution in [0.15, 0.2) is 55.0 Å². The molecule has 0 aliphatic carbocycles. The van der Waals surface area contributed by atoms with Crippen molar-refractivity contribution in [2.75, 3.05) is 7.11 Å². The first kappa shape index (κ1) is 21.9. The van der Waals surface area contributed by atoms with Crippen molar-refractivity contribution in [1.82, 2.24) is 24.3 Å². The van der Waals surface area contributed by atoms with Crippen LogP contribution < -0.4 is 4.74 Å². The van der Waals surface area contributed by atoms with Crippen LogP contribution in [0.2, 0.25) is 5.02 Å². The Kier molecular flexibility index (Phi) is 5.68. The van der Waals surface area contributed by atoms with Crippen LogP contribution in [0, 0.1) is 18.3 Å². The first-order valence-electron chi connectivity index (χ1n) is 11.0. The molecule has 0 amide bonds. The number of nitrogens with zero attached hydrogens (tertiary/aromatic N) is 6. The number of nitriles is 1. The number of aromatic nitrogens is 5. The highest BCUT2D eigenvalue weighted by molar-refractivity contribution is 6.30. The molecular formula is C26H23ClN6O. The van der Waals surface area contributed by atoms with Crippen LogP contribution in [0.25, 0.3) is 17.8 Å². The molecule has 4 aromatic rings. The lowest BCUT2D eigenvalue weighted by molar-refractivity contribution is 0.393. The number of hydrogen-bond acceptors (Lipinski definition) is 5. The Labute approximate surface area is 202 Å². The molecule has 1 aliphatic heterocycles. The van der Waals surface area contributed by atoms with Gasteiger partial charge in [0.05, 0.1) is 30.9 Å². The number of ether oxygens (including phenoxy) is 1. The first-order valence-corrected chi connectivity index (χ1v) is 11.4. The molecule has 3 heterocycles. The van der Waals surface area contributed by atoms with E-state index in [0.717, 1.165) is 41.2 Å². The number of benzene rings is 2. The monoisotopic (exact) mass is 470 g/mol. The SMILES string of the molecule is COc1cc(C=Cc2nc3n(n2)CCCC3(C#N)c2ccc(Cl)cc2)ccc1-n1cnc(C)c1. The maximum absolute atomic E-state index is 10.2. The van der Waals surface area contributed by atoms with Crippen molar-refractivity contribution < 1.29 is 4.74 Å². The van der Waals surface area contributed by atoms with Crippen LogP contribution in [-0.2, 0) is 12.0 Å². The molecule has 1 atom stereocenters. The summed E-state index contributed by atoms with van der Waals surface area (Å²) in [5.74, 6) is 1.98. The van der Waals surface area contributed by atoms with Crippen LogP contribution in [0.3, 0.4) is 0 Å². The summed E-state index contributed by atoms with van der Waals surface area (Å²) in [6.07, 6.45) is 9.08. The van der Waals surface area contributed by atoms with Crippen molar-refractivity contribution in [2.45, 2.75) is 31.7 Å². The molecule has 0 N–H and O–H groups in total. The van der Waals surface area contributed by atoms with Gasteiger partial charge in [-0.1, -0.05) is 35.9 Å². The standard InChI is InChI=1S/C26H23ClN6O/c1-18-15-32(17-29-18)22-10-4-19(14-23(22)34-2)5-11-24-30-25-26(16-28,12-3-13-33(25)31-24)20-6-8-21(27)9-7-20/h4-11,14-15,17H,3,12-13H2,1-2H3. The van der Waals surface area contributed by atoms with E-state index in [1.54, 1.807) is 13.4 Å². The second-order valence-electron chi connectivity index (χ2n) is 8.33. The molecule has 34 heavy (non-hydrogen) atoms. The number of hydrogen-bond donors (Lipinski definition) is 0. The summed E-state index contributed by atoms with van der Waals surface area (Å²) >= 11 is 6.07. The molecule has 0 spiro atoms. The largest absolute Gasteiger partial charge is 0.495 e. The van der Waals surface area contributed by atoms with Gasteiger partial charge in [-0.05, 0) is 61.2 Å². The van der Waals surface area contributed by atoms with E-state index in [9.17, 15) is 5.26 Å². The Morgan fingerprint density at radius 1 is 1.18 bits per heavy atom. The van der Waals surface area contributed by atoms with Gasteiger partial charge in [-0.15, -0.1) is 0 Å². The van der Waals surface area contributed by atoms with Gasteiger partial charge in [0.2, 0.25) is 0 Å². The fraction of sp³-hybridized carbons (Fsp3) is 0.231. The molecule has 170 valence electrons. The van der Waals surface area contributed by atoms with Gasteiger partial charge in [-0.3, -0.25) is 0 Å². The predicted molar refractivity (Wildman–Crippen MR) is 131 cm³/mol. The summed E-state index contributed by atoms with van der Waals surface area (Å²) in [5.41, 5.74) is 2.86. The zero-order valence-electron chi connectivity index (χ0n) is 18.9. The zero-order valence-corrected chi connectivity index (χ0v) is 19.7. The molecule has 1 aliphatic rings. The van der Waals surface area contributed by atoms with Crippen LogP contribution in [0.5, 0.6) is 5.75 Å². The van der Waals surface area contributed by atoms with Gasteiger partial charge >= 0.3 is 0 Å². The minimum atomic E-state index is -0.838. The van der Waals surface area contributed by atoms with Crippen LogP contribution in [0.4, 0.5) is 0 Å². The fourth-order valence-electron chi connectivity index (χ4n) is 4.42. The first-order chi connectivity index (χ1) is 16.5. The average molecular weight is 471 g/mol. The van der Waals surface area contributed by atoms with Crippen molar-refractivity contribution >= 4 is 23.8 Å². The Morgan fingerprint density at radius 2 is 2.00 bits per heavy atom. The molecule has 7 nitrogen and oxygen atoms in total. The Bertz CT molecular complexity index is 1410. The van der Waals surface area contributed by atoms with E-state index in [4.69, 9.17) is 21.3 Å². The lowest BCUT2D eigenvalue weighted by Gasteiger charge is -2.30. The van der Waals surface area contributed by atoms with Gasteiger partial charge in [0, 0.05) is 17.8 Å². The molecule has 0 bridgehead atoms. The van der Waals surface area contributed by atoms with E-state index < -0.39 is 5.41 Å². The van der Waals surface area contributed by atoms with Gasteiger partial charge in [0.15, 0.2) is 11.6 Å². The molecular weight excluding hydrogens is 448 g/mol. The van der Waals surface area contributed by atoms with Gasteiger partial charge in [-0.2, -0.15) is 10.4 Å². The maximum Gasteiger partial charge on any atom is 0.174 e. The van der Waals surface area contributed by atoms with Crippen LogP contribution >= 0.6 is 11.6 Å². The van der Waals surface area contributed by atoms with Crippen molar-refractivity contribution in [3.05, 3.63) is 88.5 Å². The third-order valence-electron chi connectivity index (χ3n) is 6.14. The lowest BCUT2D eigenvalue weighted by Crippen LogP contribution is -2.34. The van der Waals surface area contributed by atoms with E-state index in [1.807, 2.05) is 77.0 Å². The third kappa shape index (κ3) is 3.87. The quantitative estimate of drug-likeness (QED) is 0.400. The number of halogens is 1. The van der Waals surface area contributed by atoms with Gasteiger partial charge < -0.3 is 9.30 Å². The molecule has 8 heteroatoms. The van der Waals surface area contributed by atoms with E-state index in [-0.39, 0.29) is 0 Å². The summed E-state index contributed by atoms with van der Waals surface area (Å²) in [6, 6.07) is 15.9. The number of fused-ring (bicyclic) bond motifs is 1. The summed E-state index contributed by atoms with van der Waals surface area (Å²) in [7, 11) is 1.65. The highest BCUT2D eigenvalue weighted by Gasteiger charge is 2.42. The zero-order chi connectivity index (χ0) is 23.7. The molecule has 2 aromatic heterocycles. The van der Waals surface area contributed by atoms with Gasteiger partial charge in [0.1, 0.15) is 11.2 Å². The summed E-state index contributed by atoms with van der Waals surface area (Å²) in [6.45, 7) is 2.69. The fourth-order valence-corrected chi connectivity index (χ4v) is 4.55. The highest BCUT2D eigenvalue weighted by Crippen LogP contribution is 2.39. The number of methoxy groups -OCH3 is 1. The van der Waals surface area contributed by atoms with Crippen molar-refractivity contribution in [2.24, 2.45) is 0 Å². The second-order valence-corrected chi connectivity index (χ2v) is 8.77. The Hall–Kier alpha value is -3.89. The summed E-state index contributed by atoms with van der Waals surface area (Å²) in [4.78, 5) is 9.05. The predicted octanol–water partition coefficient (Wildman–Crippen LogP) is 5.21. The van der Waals surface area contributed by atoms with E-state index in [0.29, 0.717) is 23.1 Å². The maximum atomic E-state index is 10.2. The van der Waals surface area contributed by atoms with Gasteiger partial charge in [0.25, 0.3) is 0 Å². The normalized spacial score (nSPS) is 17.5. The molecule has 0 saturated carbocycles. The minimum Gasteiger partial charge on any atom is -0.495 e. The highest BCUT2D eigenvalue weighted by atomic mass is 35.5.